The monoisotopic (exact) mass is 394 g/mol. The van der Waals surface area contributed by atoms with Crippen molar-refractivity contribution < 1.29 is 9.47 Å². The van der Waals surface area contributed by atoms with Crippen molar-refractivity contribution in [2.24, 2.45) is 11.8 Å². The van der Waals surface area contributed by atoms with Gasteiger partial charge >= 0.3 is 0 Å². The first-order valence-corrected chi connectivity index (χ1v) is 9.86. The molecule has 0 amide bonds. The summed E-state index contributed by atoms with van der Waals surface area (Å²) in [7, 11) is 3.19. The Morgan fingerprint density at radius 2 is 1.79 bits per heavy atom. The number of benzene rings is 1. The van der Waals surface area contributed by atoms with E-state index in [0.29, 0.717) is 40.3 Å². The van der Waals surface area contributed by atoms with Gasteiger partial charge in [0.25, 0.3) is 5.56 Å². The number of methoxy groups -OCH3 is 2. The van der Waals surface area contributed by atoms with Gasteiger partial charge in [0.1, 0.15) is 0 Å². The first kappa shape index (κ1) is 19.2. The van der Waals surface area contributed by atoms with Crippen LogP contribution < -0.4 is 19.9 Å². The number of aromatic nitrogens is 3. The molecule has 3 heterocycles. The molecule has 1 saturated heterocycles. The van der Waals surface area contributed by atoms with Crippen LogP contribution in [0.25, 0.3) is 22.2 Å². The van der Waals surface area contributed by atoms with Crippen LogP contribution in [-0.4, -0.2) is 42.3 Å². The summed E-state index contributed by atoms with van der Waals surface area (Å²) in [6, 6.07) is 7.41. The minimum Gasteiger partial charge on any atom is -0.493 e. The standard InChI is InChI=1S/C22H26N4O3/c1-13-9-14(2)12-26(11-13)22-24-20-19(21(27)25-22)16(7-8-23-20)15-5-6-17(28-3)18(10-15)29-4/h5-8,10,13-14H,9,11-12H2,1-4H3,(H,23,24,25,27). The van der Waals surface area contributed by atoms with Gasteiger partial charge in [0, 0.05) is 19.3 Å². The van der Waals surface area contributed by atoms with E-state index < -0.39 is 0 Å². The Morgan fingerprint density at radius 3 is 2.48 bits per heavy atom. The molecule has 152 valence electrons. The molecule has 1 aromatic carbocycles. The van der Waals surface area contributed by atoms with E-state index in [2.05, 4.69) is 28.7 Å². The molecular weight excluding hydrogens is 368 g/mol. The van der Waals surface area contributed by atoms with Crippen molar-refractivity contribution in [2.75, 3.05) is 32.2 Å². The summed E-state index contributed by atoms with van der Waals surface area (Å²) in [6.07, 6.45) is 2.88. The van der Waals surface area contributed by atoms with Gasteiger partial charge in [0.2, 0.25) is 5.95 Å². The zero-order valence-corrected chi connectivity index (χ0v) is 17.2. The second kappa shape index (κ2) is 7.73. The second-order valence-electron chi connectivity index (χ2n) is 7.87. The highest BCUT2D eigenvalue weighted by Gasteiger charge is 2.24. The van der Waals surface area contributed by atoms with Gasteiger partial charge in [0.05, 0.1) is 19.6 Å². The topological polar surface area (TPSA) is 80.3 Å². The van der Waals surface area contributed by atoms with Crippen molar-refractivity contribution in [3.8, 4) is 22.6 Å². The van der Waals surface area contributed by atoms with E-state index in [-0.39, 0.29) is 5.56 Å². The van der Waals surface area contributed by atoms with Crippen LogP contribution in [0.2, 0.25) is 0 Å². The molecule has 29 heavy (non-hydrogen) atoms. The summed E-state index contributed by atoms with van der Waals surface area (Å²) in [4.78, 5) is 27.3. The SMILES string of the molecule is COc1ccc(-c2ccnc3nc(N4CC(C)CC(C)C4)[nH]c(=O)c23)cc1OC. The van der Waals surface area contributed by atoms with Gasteiger partial charge in [-0.25, -0.2) is 4.98 Å². The number of nitrogens with zero attached hydrogens (tertiary/aromatic N) is 3. The number of hydrogen-bond acceptors (Lipinski definition) is 6. The summed E-state index contributed by atoms with van der Waals surface area (Å²) in [5.74, 6) is 2.96. The lowest BCUT2D eigenvalue weighted by Crippen LogP contribution is -2.40. The van der Waals surface area contributed by atoms with Crippen LogP contribution in [0.3, 0.4) is 0 Å². The van der Waals surface area contributed by atoms with Crippen molar-refractivity contribution in [3.63, 3.8) is 0 Å². The van der Waals surface area contributed by atoms with E-state index in [1.807, 2.05) is 24.3 Å². The summed E-state index contributed by atoms with van der Waals surface area (Å²) in [5, 5.41) is 0.474. The first-order valence-electron chi connectivity index (χ1n) is 9.86. The lowest BCUT2D eigenvalue weighted by atomic mass is 9.92. The normalized spacial score (nSPS) is 19.4. The number of hydrogen-bond donors (Lipinski definition) is 1. The number of rotatable bonds is 4. The lowest BCUT2D eigenvalue weighted by Gasteiger charge is -2.35. The van der Waals surface area contributed by atoms with Crippen LogP contribution in [0.15, 0.2) is 35.3 Å². The molecule has 0 bridgehead atoms. The molecule has 1 fully saturated rings. The number of piperidine rings is 1. The highest BCUT2D eigenvalue weighted by atomic mass is 16.5. The van der Waals surface area contributed by atoms with E-state index in [4.69, 9.17) is 14.5 Å². The predicted molar refractivity (Wildman–Crippen MR) is 114 cm³/mol. The Kier molecular flexibility index (Phi) is 5.13. The molecule has 7 nitrogen and oxygen atoms in total. The third-order valence-corrected chi connectivity index (χ3v) is 5.46. The highest BCUT2D eigenvalue weighted by Crippen LogP contribution is 2.34. The van der Waals surface area contributed by atoms with Crippen LogP contribution in [0.5, 0.6) is 11.5 Å². The van der Waals surface area contributed by atoms with Crippen molar-refractivity contribution in [1.29, 1.82) is 0 Å². The minimum absolute atomic E-state index is 0.186. The largest absolute Gasteiger partial charge is 0.493 e. The molecule has 1 aliphatic heterocycles. The summed E-state index contributed by atoms with van der Waals surface area (Å²) >= 11 is 0. The average molecular weight is 394 g/mol. The molecule has 1 N–H and O–H groups in total. The zero-order chi connectivity index (χ0) is 20.5. The molecule has 0 radical (unpaired) electrons. The van der Waals surface area contributed by atoms with Gasteiger partial charge in [0.15, 0.2) is 17.1 Å². The first-order chi connectivity index (χ1) is 14.0. The van der Waals surface area contributed by atoms with Gasteiger partial charge in [-0.15, -0.1) is 0 Å². The van der Waals surface area contributed by atoms with Gasteiger partial charge in [-0.2, -0.15) is 4.98 Å². The van der Waals surface area contributed by atoms with E-state index in [0.717, 1.165) is 24.2 Å². The zero-order valence-electron chi connectivity index (χ0n) is 17.2. The second-order valence-corrected chi connectivity index (χ2v) is 7.87. The maximum atomic E-state index is 13.1. The van der Waals surface area contributed by atoms with Gasteiger partial charge in [-0.05, 0) is 47.6 Å². The number of H-pyrrole nitrogens is 1. The molecular formula is C22H26N4O3. The molecule has 2 unspecified atom stereocenters. The molecule has 2 aromatic heterocycles. The molecule has 1 aliphatic rings. The Morgan fingerprint density at radius 1 is 1.07 bits per heavy atom. The Bertz CT molecular complexity index is 1090. The maximum Gasteiger partial charge on any atom is 0.262 e. The fourth-order valence-corrected chi connectivity index (χ4v) is 4.28. The van der Waals surface area contributed by atoms with Crippen molar-refractivity contribution in [1.82, 2.24) is 15.0 Å². The Balaban J connectivity index is 1.81. The number of anilines is 1. The number of ether oxygens (including phenoxy) is 2. The van der Waals surface area contributed by atoms with Gasteiger partial charge < -0.3 is 14.4 Å². The van der Waals surface area contributed by atoms with Crippen molar-refractivity contribution >= 4 is 17.0 Å². The van der Waals surface area contributed by atoms with E-state index in [9.17, 15) is 4.79 Å². The van der Waals surface area contributed by atoms with E-state index >= 15 is 0 Å². The van der Waals surface area contributed by atoms with Crippen LogP contribution in [-0.2, 0) is 0 Å². The van der Waals surface area contributed by atoms with Crippen molar-refractivity contribution in [2.45, 2.75) is 20.3 Å². The molecule has 7 heteroatoms. The predicted octanol–water partition coefficient (Wildman–Crippen LogP) is 3.48. The van der Waals surface area contributed by atoms with E-state index in [1.54, 1.807) is 20.4 Å². The number of pyridine rings is 1. The molecule has 3 aromatic rings. The molecule has 0 saturated carbocycles. The maximum absolute atomic E-state index is 13.1. The third kappa shape index (κ3) is 3.64. The number of aromatic amines is 1. The summed E-state index contributed by atoms with van der Waals surface area (Å²) < 4.78 is 10.7. The third-order valence-electron chi connectivity index (χ3n) is 5.46. The lowest BCUT2D eigenvalue weighted by molar-refractivity contribution is 0.353. The fourth-order valence-electron chi connectivity index (χ4n) is 4.28. The average Bonchev–Trinajstić information content (AvgIpc) is 2.72. The fraction of sp³-hybridized carbons (Fsp3) is 0.409. The Hall–Kier alpha value is -3.09. The number of nitrogens with one attached hydrogen (secondary N) is 1. The van der Waals surface area contributed by atoms with Gasteiger partial charge in [-0.1, -0.05) is 19.9 Å². The van der Waals surface area contributed by atoms with Crippen LogP contribution >= 0.6 is 0 Å². The summed E-state index contributed by atoms with van der Waals surface area (Å²) in [6.45, 7) is 6.23. The molecule has 0 aliphatic carbocycles. The van der Waals surface area contributed by atoms with Crippen LogP contribution in [0.4, 0.5) is 5.95 Å². The number of fused-ring (bicyclic) bond motifs is 1. The van der Waals surface area contributed by atoms with Gasteiger partial charge in [-0.3, -0.25) is 9.78 Å². The van der Waals surface area contributed by atoms with Crippen LogP contribution in [0, 0.1) is 11.8 Å². The molecule has 0 spiro atoms. The minimum atomic E-state index is -0.186. The molecule has 4 rings (SSSR count). The quantitative estimate of drug-likeness (QED) is 0.730. The van der Waals surface area contributed by atoms with Crippen molar-refractivity contribution in [3.05, 3.63) is 40.8 Å². The Labute approximate surface area is 169 Å². The summed E-state index contributed by atoms with van der Waals surface area (Å²) in [5.41, 5.74) is 1.86. The smallest absolute Gasteiger partial charge is 0.262 e. The van der Waals surface area contributed by atoms with E-state index in [1.165, 1.54) is 6.42 Å². The molecule has 2 atom stereocenters. The highest BCUT2D eigenvalue weighted by molar-refractivity contribution is 5.92. The van der Waals surface area contributed by atoms with Crippen LogP contribution in [0.1, 0.15) is 20.3 Å².